The molecule has 2 aromatic heterocycles. The summed E-state index contributed by atoms with van der Waals surface area (Å²) >= 11 is 1.65. The van der Waals surface area contributed by atoms with E-state index >= 15 is 0 Å². The summed E-state index contributed by atoms with van der Waals surface area (Å²) in [5.74, 6) is 0.889. The molecule has 1 saturated heterocycles. The zero-order valence-corrected chi connectivity index (χ0v) is 20.6. The number of aryl methyl sites for hydroxylation is 2. The van der Waals surface area contributed by atoms with Crippen molar-refractivity contribution in [3.63, 3.8) is 0 Å². The van der Waals surface area contributed by atoms with Gasteiger partial charge in [-0.3, -0.25) is 4.79 Å². The molecule has 1 atom stereocenters. The van der Waals surface area contributed by atoms with Crippen LogP contribution >= 0.6 is 11.3 Å². The molecule has 0 spiro atoms. The third-order valence-corrected chi connectivity index (χ3v) is 7.52. The fourth-order valence-corrected chi connectivity index (χ4v) is 5.50. The number of carbonyl (C=O) groups is 1. The zero-order valence-electron chi connectivity index (χ0n) is 19.7. The molecule has 8 heteroatoms. The Morgan fingerprint density at radius 2 is 2.03 bits per heavy atom. The summed E-state index contributed by atoms with van der Waals surface area (Å²) in [6.07, 6.45) is 1.88. The van der Waals surface area contributed by atoms with Gasteiger partial charge in [-0.1, -0.05) is 41.2 Å². The van der Waals surface area contributed by atoms with Crippen LogP contribution in [0.5, 0.6) is 5.75 Å². The molecule has 0 bridgehead atoms. The van der Waals surface area contributed by atoms with Crippen LogP contribution in [0.1, 0.15) is 29.7 Å². The number of aromatic nitrogens is 3. The van der Waals surface area contributed by atoms with E-state index in [-0.39, 0.29) is 11.8 Å². The molecule has 176 valence electrons. The number of hydrogen-bond donors (Lipinski definition) is 1. The van der Waals surface area contributed by atoms with Gasteiger partial charge in [0.25, 0.3) is 0 Å². The summed E-state index contributed by atoms with van der Waals surface area (Å²) in [5, 5.41) is 8.79. The number of benzene rings is 2. The summed E-state index contributed by atoms with van der Waals surface area (Å²) in [6.45, 7) is 6.24. The van der Waals surface area contributed by atoms with Crippen molar-refractivity contribution in [2.75, 3.05) is 25.1 Å². The van der Waals surface area contributed by atoms with Crippen LogP contribution in [0.3, 0.4) is 0 Å². The minimum Gasteiger partial charge on any atom is -0.497 e. The lowest BCUT2D eigenvalue weighted by Crippen LogP contribution is -2.43. The van der Waals surface area contributed by atoms with Crippen LogP contribution in [0.4, 0.5) is 5.13 Å². The number of nitrogens with zero attached hydrogens (tertiary/aromatic N) is 4. The van der Waals surface area contributed by atoms with Gasteiger partial charge in [-0.05, 0) is 56.5 Å². The lowest BCUT2D eigenvalue weighted by atomic mass is 9.97. The molecule has 1 aliphatic heterocycles. The van der Waals surface area contributed by atoms with Crippen LogP contribution in [0, 0.1) is 19.8 Å². The van der Waals surface area contributed by atoms with Crippen molar-refractivity contribution in [1.29, 1.82) is 0 Å². The molecule has 7 nitrogen and oxygen atoms in total. The number of amides is 1. The first-order valence-electron chi connectivity index (χ1n) is 11.6. The second-order valence-corrected chi connectivity index (χ2v) is 9.81. The minimum atomic E-state index is -0.0373. The molecular formula is C26H29N5O2S. The van der Waals surface area contributed by atoms with Crippen molar-refractivity contribution in [3.05, 3.63) is 65.4 Å². The molecule has 0 saturated carbocycles. The van der Waals surface area contributed by atoms with Gasteiger partial charge in [0.1, 0.15) is 5.75 Å². The molecule has 5 rings (SSSR count). The number of carbonyl (C=O) groups excluding carboxylic acids is 1. The Hall–Kier alpha value is -3.39. The Morgan fingerprint density at radius 1 is 1.21 bits per heavy atom. The molecule has 1 amide bonds. The van der Waals surface area contributed by atoms with Gasteiger partial charge in [-0.15, -0.1) is 0 Å². The van der Waals surface area contributed by atoms with Gasteiger partial charge in [0, 0.05) is 19.6 Å². The number of methoxy groups -OCH3 is 1. The van der Waals surface area contributed by atoms with Crippen LogP contribution in [0.25, 0.3) is 16.0 Å². The van der Waals surface area contributed by atoms with Crippen molar-refractivity contribution >= 4 is 32.7 Å². The van der Waals surface area contributed by atoms with E-state index in [9.17, 15) is 4.79 Å². The lowest BCUT2D eigenvalue weighted by molar-refractivity contribution is -0.125. The minimum absolute atomic E-state index is 0.0373. The van der Waals surface area contributed by atoms with Crippen LogP contribution in [-0.4, -0.2) is 40.9 Å². The highest BCUT2D eigenvalue weighted by atomic mass is 32.1. The molecule has 3 heterocycles. The van der Waals surface area contributed by atoms with Crippen LogP contribution < -0.4 is 15.0 Å². The summed E-state index contributed by atoms with van der Waals surface area (Å²) in [5.41, 5.74) is 5.09. The van der Waals surface area contributed by atoms with Crippen LogP contribution in [0.2, 0.25) is 0 Å². The van der Waals surface area contributed by atoms with Crippen molar-refractivity contribution in [2.24, 2.45) is 5.92 Å². The second kappa shape index (κ2) is 9.46. The van der Waals surface area contributed by atoms with Gasteiger partial charge in [0.2, 0.25) is 5.91 Å². The fraction of sp³-hybridized carbons (Fsp3) is 0.346. The van der Waals surface area contributed by atoms with Crippen molar-refractivity contribution < 1.29 is 9.53 Å². The predicted molar refractivity (Wildman–Crippen MR) is 136 cm³/mol. The molecule has 0 radical (unpaired) electrons. The normalized spacial score (nSPS) is 16.1. The van der Waals surface area contributed by atoms with Gasteiger partial charge in [-0.25, -0.2) is 4.68 Å². The topological polar surface area (TPSA) is 72.3 Å². The molecule has 1 unspecified atom stereocenters. The predicted octanol–water partition coefficient (Wildman–Crippen LogP) is 4.64. The maximum atomic E-state index is 12.9. The maximum Gasteiger partial charge on any atom is 0.225 e. The van der Waals surface area contributed by atoms with Crippen molar-refractivity contribution in [1.82, 2.24) is 20.1 Å². The van der Waals surface area contributed by atoms with Gasteiger partial charge < -0.3 is 15.0 Å². The smallest absolute Gasteiger partial charge is 0.225 e. The lowest BCUT2D eigenvalue weighted by Gasteiger charge is -2.31. The largest absolute Gasteiger partial charge is 0.497 e. The Bertz CT molecular complexity index is 1310. The van der Waals surface area contributed by atoms with E-state index in [1.165, 1.54) is 5.56 Å². The summed E-state index contributed by atoms with van der Waals surface area (Å²) in [4.78, 5) is 20.1. The van der Waals surface area contributed by atoms with Gasteiger partial charge >= 0.3 is 0 Å². The number of anilines is 1. The first kappa shape index (κ1) is 22.4. The quantitative estimate of drug-likeness (QED) is 0.440. The average Bonchev–Trinajstić information content (AvgIpc) is 3.43. The number of piperidine rings is 1. The van der Waals surface area contributed by atoms with Crippen LogP contribution in [-0.2, 0) is 11.3 Å². The van der Waals surface area contributed by atoms with Gasteiger partial charge in [-0.2, -0.15) is 10.1 Å². The van der Waals surface area contributed by atoms with E-state index in [0.29, 0.717) is 13.1 Å². The Kier molecular flexibility index (Phi) is 6.24. The second-order valence-electron chi connectivity index (χ2n) is 8.84. The molecule has 4 aromatic rings. The van der Waals surface area contributed by atoms with E-state index in [4.69, 9.17) is 14.8 Å². The number of thiazole rings is 1. The number of nitrogens with one attached hydrogen (secondary N) is 1. The first-order chi connectivity index (χ1) is 16.5. The van der Waals surface area contributed by atoms with Gasteiger partial charge in [0.15, 0.2) is 10.8 Å². The summed E-state index contributed by atoms with van der Waals surface area (Å²) in [7, 11) is 1.66. The summed E-state index contributed by atoms with van der Waals surface area (Å²) < 4.78 is 8.24. The molecule has 34 heavy (non-hydrogen) atoms. The third-order valence-electron chi connectivity index (χ3n) is 6.31. The Morgan fingerprint density at radius 3 is 2.79 bits per heavy atom. The standard InChI is InChI=1S/C26H29N5O2S/c1-17-6-4-7-19(14-17)15-27-25(32)20-8-5-13-30(16-20)26-28-24-23(34-26)18(2)29-31(24)21-9-11-22(33-3)12-10-21/h4,6-7,9-12,14,20H,5,8,13,15-16H2,1-3H3,(H,27,32). The average molecular weight is 476 g/mol. The highest BCUT2D eigenvalue weighted by Crippen LogP contribution is 2.34. The monoisotopic (exact) mass is 475 g/mol. The molecule has 1 N–H and O–H groups in total. The summed E-state index contributed by atoms with van der Waals surface area (Å²) in [6, 6.07) is 16.1. The Balaban J connectivity index is 1.31. The van der Waals surface area contributed by atoms with Crippen molar-refractivity contribution in [3.8, 4) is 11.4 Å². The highest BCUT2D eigenvalue weighted by molar-refractivity contribution is 7.22. The van der Waals surface area contributed by atoms with Crippen molar-refractivity contribution in [2.45, 2.75) is 33.2 Å². The van der Waals surface area contributed by atoms with E-state index in [1.54, 1.807) is 18.4 Å². The highest BCUT2D eigenvalue weighted by Gasteiger charge is 2.28. The number of fused-ring (bicyclic) bond motifs is 1. The third kappa shape index (κ3) is 4.50. The van der Waals surface area contributed by atoms with E-state index in [2.05, 4.69) is 35.3 Å². The zero-order chi connectivity index (χ0) is 23.7. The molecule has 0 aliphatic carbocycles. The van der Waals surface area contributed by atoms with Gasteiger partial charge in [0.05, 0.1) is 29.1 Å². The first-order valence-corrected chi connectivity index (χ1v) is 12.4. The fourth-order valence-electron chi connectivity index (χ4n) is 4.48. The number of hydrogen-bond acceptors (Lipinski definition) is 6. The SMILES string of the molecule is COc1ccc(-n2nc(C)c3sc(N4CCCC(C(=O)NCc5cccc(C)c5)C4)nc32)cc1. The molecule has 1 aliphatic rings. The Labute approximate surface area is 203 Å². The molecule has 2 aromatic carbocycles. The molecular weight excluding hydrogens is 446 g/mol. The number of ether oxygens (including phenoxy) is 1. The maximum absolute atomic E-state index is 12.9. The number of rotatable bonds is 6. The van der Waals surface area contributed by atoms with E-state index < -0.39 is 0 Å². The van der Waals surface area contributed by atoms with E-state index in [1.807, 2.05) is 41.9 Å². The van der Waals surface area contributed by atoms with E-state index in [0.717, 1.165) is 57.6 Å². The van der Waals surface area contributed by atoms with Crippen LogP contribution in [0.15, 0.2) is 48.5 Å². The molecule has 1 fully saturated rings.